The van der Waals surface area contributed by atoms with Crippen LogP contribution in [-0.4, -0.2) is 35.7 Å². The zero-order valence-electron chi connectivity index (χ0n) is 13.6. The number of carbonyl (C=O) groups excluding carboxylic acids is 1. The molecule has 0 spiro atoms. The SMILES string of the molecule is CCCS(=O)(=O)c1ccc(C(=O)NC2CCc3nccn3C2)cc1. The zero-order chi connectivity index (χ0) is 17.2. The Labute approximate surface area is 141 Å². The molecular weight excluding hydrogens is 326 g/mol. The number of hydrogen-bond acceptors (Lipinski definition) is 4. The van der Waals surface area contributed by atoms with Crippen molar-refractivity contribution in [2.45, 2.75) is 43.7 Å². The number of nitrogens with one attached hydrogen (secondary N) is 1. The van der Waals surface area contributed by atoms with E-state index in [2.05, 4.69) is 14.9 Å². The van der Waals surface area contributed by atoms with Crippen LogP contribution >= 0.6 is 0 Å². The second-order valence-corrected chi connectivity index (χ2v) is 8.16. The number of carbonyl (C=O) groups is 1. The summed E-state index contributed by atoms with van der Waals surface area (Å²) in [6.45, 7) is 2.54. The molecule has 1 unspecified atom stereocenters. The highest BCUT2D eigenvalue weighted by molar-refractivity contribution is 7.91. The number of imidazole rings is 1. The Balaban J connectivity index is 1.66. The van der Waals surface area contributed by atoms with Crippen LogP contribution in [0.3, 0.4) is 0 Å². The average molecular weight is 347 g/mol. The van der Waals surface area contributed by atoms with Crippen LogP contribution in [-0.2, 0) is 22.8 Å². The molecule has 0 fully saturated rings. The predicted molar refractivity (Wildman–Crippen MR) is 90.6 cm³/mol. The summed E-state index contributed by atoms with van der Waals surface area (Å²) >= 11 is 0. The monoisotopic (exact) mass is 347 g/mol. The van der Waals surface area contributed by atoms with Crippen LogP contribution < -0.4 is 5.32 Å². The molecule has 2 heterocycles. The number of fused-ring (bicyclic) bond motifs is 1. The number of aromatic nitrogens is 2. The molecule has 1 amide bonds. The number of sulfone groups is 1. The van der Waals surface area contributed by atoms with Gasteiger partial charge in [-0.15, -0.1) is 0 Å². The Morgan fingerprint density at radius 2 is 2.08 bits per heavy atom. The Hall–Kier alpha value is -2.15. The lowest BCUT2D eigenvalue weighted by atomic mass is 10.1. The van der Waals surface area contributed by atoms with Gasteiger partial charge in [0.05, 0.1) is 10.6 Å². The van der Waals surface area contributed by atoms with Crippen molar-refractivity contribution in [2.24, 2.45) is 0 Å². The molecule has 1 aliphatic heterocycles. The van der Waals surface area contributed by atoms with E-state index in [9.17, 15) is 13.2 Å². The van der Waals surface area contributed by atoms with Gasteiger partial charge in [-0.3, -0.25) is 4.79 Å². The van der Waals surface area contributed by atoms with Crippen molar-refractivity contribution < 1.29 is 13.2 Å². The fraction of sp³-hybridized carbons (Fsp3) is 0.412. The number of hydrogen-bond donors (Lipinski definition) is 1. The van der Waals surface area contributed by atoms with E-state index in [1.165, 1.54) is 12.1 Å². The third-order valence-electron chi connectivity index (χ3n) is 4.22. The second-order valence-electron chi connectivity index (χ2n) is 6.05. The summed E-state index contributed by atoms with van der Waals surface area (Å²) in [7, 11) is -3.25. The van der Waals surface area contributed by atoms with E-state index >= 15 is 0 Å². The quantitative estimate of drug-likeness (QED) is 0.894. The summed E-state index contributed by atoms with van der Waals surface area (Å²) in [5, 5.41) is 3.01. The van der Waals surface area contributed by atoms with E-state index < -0.39 is 9.84 Å². The van der Waals surface area contributed by atoms with Gasteiger partial charge in [-0.2, -0.15) is 0 Å². The molecule has 0 aliphatic carbocycles. The third kappa shape index (κ3) is 3.51. The first-order valence-electron chi connectivity index (χ1n) is 8.13. The molecule has 1 aliphatic rings. The van der Waals surface area contributed by atoms with Crippen LogP contribution in [0, 0.1) is 0 Å². The van der Waals surface area contributed by atoms with Crippen molar-refractivity contribution >= 4 is 15.7 Å². The molecule has 0 saturated carbocycles. The maximum Gasteiger partial charge on any atom is 0.251 e. The summed E-state index contributed by atoms with van der Waals surface area (Å²) in [6.07, 6.45) is 5.95. The van der Waals surface area contributed by atoms with Gasteiger partial charge in [0.25, 0.3) is 5.91 Å². The van der Waals surface area contributed by atoms with Crippen molar-refractivity contribution in [1.82, 2.24) is 14.9 Å². The van der Waals surface area contributed by atoms with Crippen molar-refractivity contribution in [2.75, 3.05) is 5.75 Å². The van der Waals surface area contributed by atoms with E-state index in [0.717, 1.165) is 18.7 Å². The van der Waals surface area contributed by atoms with Gasteiger partial charge in [0, 0.05) is 37.0 Å². The summed E-state index contributed by atoms with van der Waals surface area (Å²) in [5.41, 5.74) is 0.474. The maximum absolute atomic E-state index is 12.4. The van der Waals surface area contributed by atoms with Crippen LogP contribution in [0.1, 0.15) is 35.9 Å². The first-order chi connectivity index (χ1) is 11.5. The van der Waals surface area contributed by atoms with Gasteiger partial charge in [-0.25, -0.2) is 13.4 Å². The number of nitrogens with zero attached hydrogens (tertiary/aromatic N) is 2. The summed E-state index contributed by atoms with van der Waals surface area (Å²) in [6, 6.07) is 6.22. The summed E-state index contributed by atoms with van der Waals surface area (Å²) in [4.78, 5) is 16.9. The summed E-state index contributed by atoms with van der Waals surface area (Å²) < 4.78 is 26.1. The normalized spacial score (nSPS) is 17.3. The molecule has 1 atom stereocenters. The third-order valence-corrected chi connectivity index (χ3v) is 6.15. The zero-order valence-corrected chi connectivity index (χ0v) is 14.4. The Morgan fingerprint density at radius 1 is 1.33 bits per heavy atom. The first-order valence-corrected chi connectivity index (χ1v) is 9.78. The molecule has 128 valence electrons. The fourth-order valence-electron chi connectivity index (χ4n) is 2.95. The van der Waals surface area contributed by atoms with Gasteiger partial charge in [-0.05, 0) is 37.1 Å². The maximum atomic E-state index is 12.4. The van der Waals surface area contributed by atoms with Crippen molar-refractivity contribution in [3.8, 4) is 0 Å². The highest BCUT2D eigenvalue weighted by atomic mass is 32.2. The first kappa shape index (κ1) is 16.7. The minimum absolute atomic E-state index is 0.0581. The number of amides is 1. The van der Waals surface area contributed by atoms with Gasteiger partial charge in [-0.1, -0.05) is 6.92 Å². The van der Waals surface area contributed by atoms with Crippen LogP contribution in [0.5, 0.6) is 0 Å². The minimum Gasteiger partial charge on any atom is -0.347 e. The lowest BCUT2D eigenvalue weighted by Crippen LogP contribution is -2.40. The lowest BCUT2D eigenvalue weighted by molar-refractivity contribution is 0.0927. The Morgan fingerprint density at radius 3 is 2.79 bits per heavy atom. The fourth-order valence-corrected chi connectivity index (χ4v) is 4.28. The largest absolute Gasteiger partial charge is 0.347 e. The number of aryl methyl sites for hydroxylation is 1. The highest BCUT2D eigenvalue weighted by Crippen LogP contribution is 2.16. The number of benzene rings is 1. The molecule has 0 saturated heterocycles. The van der Waals surface area contributed by atoms with Crippen LogP contribution in [0.4, 0.5) is 0 Å². The average Bonchev–Trinajstić information content (AvgIpc) is 3.02. The lowest BCUT2D eigenvalue weighted by Gasteiger charge is -2.24. The smallest absolute Gasteiger partial charge is 0.251 e. The van der Waals surface area contributed by atoms with Gasteiger partial charge in [0.15, 0.2) is 9.84 Å². The van der Waals surface area contributed by atoms with Gasteiger partial charge in [0.2, 0.25) is 0 Å². The van der Waals surface area contributed by atoms with E-state index in [1.807, 2.05) is 13.1 Å². The Bertz CT molecular complexity index is 825. The van der Waals surface area contributed by atoms with Gasteiger partial charge in [0.1, 0.15) is 5.82 Å². The van der Waals surface area contributed by atoms with E-state index in [0.29, 0.717) is 18.5 Å². The molecule has 1 N–H and O–H groups in total. The second kappa shape index (κ2) is 6.76. The molecular formula is C17H21N3O3S. The van der Waals surface area contributed by atoms with Crippen molar-refractivity contribution in [1.29, 1.82) is 0 Å². The predicted octanol–water partition coefficient (Wildman–Crippen LogP) is 1.81. The van der Waals surface area contributed by atoms with Crippen LogP contribution in [0.15, 0.2) is 41.6 Å². The molecule has 6 nitrogen and oxygen atoms in total. The highest BCUT2D eigenvalue weighted by Gasteiger charge is 2.21. The summed E-state index contributed by atoms with van der Waals surface area (Å²) in [5.74, 6) is 0.988. The van der Waals surface area contributed by atoms with Crippen molar-refractivity contribution in [3.63, 3.8) is 0 Å². The van der Waals surface area contributed by atoms with Crippen molar-refractivity contribution in [3.05, 3.63) is 48.0 Å². The van der Waals surface area contributed by atoms with E-state index in [1.54, 1.807) is 18.3 Å². The molecule has 3 rings (SSSR count). The Kier molecular flexibility index (Phi) is 4.71. The molecule has 1 aromatic heterocycles. The number of rotatable bonds is 5. The molecule has 0 radical (unpaired) electrons. The molecule has 0 bridgehead atoms. The minimum atomic E-state index is -3.25. The molecule has 24 heavy (non-hydrogen) atoms. The van der Waals surface area contributed by atoms with E-state index in [-0.39, 0.29) is 22.6 Å². The topological polar surface area (TPSA) is 81.1 Å². The molecule has 2 aromatic rings. The standard InChI is InChI=1S/C17H21N3O3S/c1-2-11-24(22,23)15-6-3-13(4-7-15)17(21)19-14-5-8-16-18-9-10-20(16)12-14/h3-4,6-7,9-10,14H,2,5,8,11-12H2,1H3,(H,19,21). The van der Waals surface area contributed by atoms with Crippen LogP contribution in [0.25, 0.3) is 0 Å². The van der Waals surface area contributed by atoms with Gasteiger partial charge >= 0.3 is 0 Å². The van der Waals surface area contributed by atoms with Crippen LogP contribution in [0.2, 0.25) is 0 Å². The molecule has 7 heteroatoms. The molecule has 1 aromatic carbocycles. The van der Waals surface area contributed by atoms with E-state index in [4.69, 9.17) is 0 Å². The van der Waals surface area contributed by atoms with Gasteiger partial charge < -0.3 is 9.88 Å².